The number of nitro benzene ring substituents is 1. The normalized spacial score (nSPS) is 14.2. The highest BCUT2D eigenvalue weighted by Crippen LogP contribution is 2.39. The fraction of sp³-hybridized carbons (Fsp3) is 0.306. The van der Waals surface area contributed by atoms with Gasteiger partial charge in [0.15, 0.2) is 27.8 Å². The summed E-state index contributed by atoms with van der Waals surface area (Å²) in [4.78, 5) is 43.4. The number of hydrogen-bond donors (Lipinski definition) is 0. The molecule has 1 aromatic heterocycles. The van der Waals surface area contributed by atoms with E-state index < -0.39 is 16.9 Å². The summed E-state index contributed by atoms with van der Waals surface area (Å²) < 4.78 is 31.4. The molecule has 0 radical (unpaired) electrons. The Morgan fingerprint density at radius 1 is 1.08 bits per heavy atom. The van der Waals surface area contributed by atoms with E-state index in [1.165, 1.54) is 35.1 Å². The van der Waals surface area contributed by atoms with Crippen LogP contribution < -0.4 is 33.8 Å². The van der Waals surface area contributed by atoms with Gasteiger partial charge in [0.25, 0.3) is 11.2 Å². The van der Waals surface area contributed by atoms with Gasteiger partial charge in [-0.1, -0.05) is 29.5 Å². The molecule has 1 aliphatic rings. The molecule has 0 amide bonds. The number of ether oxygens (including phenoxy) is 5. The van der Waals surface area contributed by atoms with Crippen LogP contribution in [0.15, 0.2) is 80.1 Å². The number of halogens is 1. The second-order valence-electron chi connectivity index (χ2n) is 11.4. The fourth-order valence-corrected chi connectivity index (χ4v) is 7.07. The van der Waals surface area contributed by atoms with Crippen LogP contribution in [0.1, 0.15) is 57.4 Å². The predicted octanol–water partition coefficient (Wildman–Crippen LogP) is 6.24. The number of benzene rings is 3. The maximum absolute atomic E-state index is 14.2. The van der Waals surface area contributed by atoms with Gasteiger partial charge >= 0.3 is 5.97 Å². The molecule has 0 fully saturated rings. The summed E-state index contributed by atoms with van der Waals surface area (Å²) in [6.07, 6.45) is 1.63. The second-order valence-corrected chi connectivity index (χ2v) is 13.2. The lowest BCUT2D eigenvalue weighted by atomic mass is 9.95. The minimum atomic E-state index is -0.843. The van der Waals surface area contributed by atoms with Crippen molar-refractivity contribution in [1.29, 1.82) is 0 Å². The third-order valence-electron chi connectivity index (χ3n) is 7.52. The first-order valence-electron chi connectivity index (χ1n) is 15.8. The molecule has 2 heterocycles. The lowest BCUT2D eigenvalue weighted by Gasteiger charge is -2.25. The summed E-state index contributed by atoms with van der Waals surface area (Å²) in [6, 6.07) is 14.2. The molecule has 12 nitrogen and oxygen atoms in total. The summed E-state index contributed by atoms with van der Waals surface area (Å²) in [5, 5.41) is 11.2. The van der Waals surface area contributed by atoms with Gasteiger partial charge in [0.1, 0.15) is 6.61 Å². The predicted molar refractivity (Wildman–Crippen MR) is 192 cm³/mol. The zero-order valence-corrected chi connectivity index (χ0v) is 30.8. The van der Waals surface area contributed by atoms with Gasteiger partial charge in [-0.05, 0) is 97.6 Å². The van der Waals surface area contributed by atoms with Crippen molar-refractivity contribution in [3.63, 3.8) is 0 Å². The molecule has 262 valence electrons. The number of thiazole rings is 1. The number of aromatic nitrogens is 1. The Morgan fingerprint density at radius 2 is 1.86 bits per heavy atom. The van der Waals surface area contributed by atoms with Crippen LogP contribution in [0.5, 0.6) is 23.0 Å². The average molecular weight is 767 g/mol. The maximum Gasteiger partial charge on any atom is 0.338 e. The Kier molecular flexibility index (Phi) is 11.4. The van der Waals surface area contributed by atoms with E-state index in [4.69, 9.17) is 23.7 Å². The maximum atomic E-state index is 14.2. The van der Waals surface area contributed by atoms with Gasteiger partial charge in [0, 0.05) is 12.1 Å². The zero-order valence-electron chi connectivity index (χ0n) is 28.4. The number of fused-ring (bicyclic) bond motifs is 1. The molecule has 0 bridgehead atoms. The molecule has 5 rings (SSSR count). The Hall–Kier alpha value is -4.95. The summed E-state index contributed by atoms with van der Waals surface area (Å²) in [5.41, 5.74) is 2.18. The number of methoxy groups -OCH3 is 1. The first-order chi connectivity index (χ1) is 23.9. The number of nitro groups is 1. The molecule has 1 atom stereocenters. The number of carbonyl (C=O) groups is 1. The molecule has 1 aliphatic heterocycles. The monoisotopic (exact) mass is 765 g/mol. The van der Waals surface area contributed by atoms with Crippen molar-refractivity contribution in [2.75, 3.05) is 20.3 Å². The number of rotatable bonds is 13. The highest BCUT2D eigenvalue weighted by atomic mass is 79.9. The average Bonchev–Trinajstić information content (AvgIpc) is 3.37. The van der Waals surface area contributed by atoms with Crippen LogP contribution in [-0.4, -0.2) is 41.9 Å². The van der Waals surface area contributed by atoms with E-state index in [9.17, 15) is 19.7 Å². The van der Waals surface area contributed by atoms with Crippen molar-refractivity contribution >= 4 is 45.0 Å². The minimum absolute atomic E-state index is 0.0323. The molecule has 4 aromatic rings. The Morgan fingerprint density at radius 3 is 2.54 bits per heavy atom. The van der Waals surface area contributed by atoms with Gasteiger partial charge in [-0.25, -0.2) is 9.79 Å². The van der Waals surface area contributed by atoms with E-state index >= 15 is 0 Å². The lowest BCUT2D eigenvalue weighted by molar-refractivity contribution is -0.384. The standard InChI is InChI=1S/C36H36BrN3O9S/c1-7-46-29-16-23(15-26(37)33(29)48-19-22-10-9-11-25(14-22)40(43)44)17-30-34(41)39-32(24-12-13-27(49-20(3)4)28(18-24)45-6)31(35(42)47-8-2)21(5)38-36(39)50-30/h9-18,20,32H,7-8,19H2,1-6H3/b30-17-/t32-/m1/s1. The van der Waals surface area contributed by atoms with E-state index in [1.807, 2.05) is 20.8 Å². The summed E-state index contributed by atoms with van der Waals surface area (Å²) in [6.45, 7) is 9.66. The van der Waals surface area contributed by atoms with Crippen molar-refractivity contribution in [2.45, 2.75) is 53.4 Å². The molecule has 0 saturated heterocycles. The molecular weight excluding hydrogens is 730 g/mol. The topological polar surface area (TPSA) is 141 Å². The molecule has 0 spiro atoms. The molecular formula is C36H36BrN3O9S. The first-order valence-corrected chi connectivity index (χ1v) is 17.4. The van der Waals surface area contributed by atoms with Crippen LogP contribution in [-0.2, 0) is 16.1 Å². The smallest absolute Gasteiger partial charge is 0.338 e. The van der Waals surface area contributed by atoms with Gasteiger partial charge in [0.05, 0.1) is 57.7 Å². The lowest BCUT2D eigenvalue weighted by Crippen LogP contribution is -2.40. The summed E-state index contributed by atoms with van der Waals surface area (Å²) >= 11 is 4.77. The molecule has 50 heavy (non-hydrogen) atoms. The van der Waals surface area contributed by atoms with E-state index in [0.29, 0.717) is 65.8 Å². The van der Waals surface area contributed by atoms with Gasteiger partial charge in [0.2, 0.25) is 0 Å². The molecule has 0 saturated carbocycles. The van der Waals surface area contributed by atoms with Crippen molar-refractivity contribution < 1.29 is 33.4 Å². The Balaban J connectivity index is 1.59. The number of allylic oxidation sites excluding steroid dienone is 1. The van der Waals surface area contributed by atoms with E-state index in [2.05, 4.69) is 20.9 Å². The highest BCUT2D eigenvalue weighted by Gasteiger charge is 2.34. The SMILES string of the molecule is CCOC(=O)C1=C(C)N=c2s/c(=C\c3cc(Br)c(OCc4cccc([N+](=O)[O-])c4)c(OCC)c3)c(=O)n2[C@@H]1c1ccc(OC(C)C)c(OC)c1. The van der Waals surface area contributed by atoms with Gasteiger partial charge in [-0.3, -0.25) is 19.5 Å². The van der Waals surface area contributed by atoms with Gasteiger partial charge in [-0.15, -0.1) is 0 Å². The number of carbonyl (C=O) groups excluding carboxylic acids is 1. The van der Waals surface area contributed by atoms with E-state index in [0.717, 1.165) is 0 Å². The number of hydrogen-bond acceptors (Lipinski definition) is 11. The van der Waals surface area contributed by atoms with Crippen LogP contribution in [0.25, 0.3) is 6.08 Å². The Labute approximate surface area is 300 Å². The van der Waals surface area contributed by atoms with E-state index in [-0.39, 0.29) is 36.1 Å². The Bertz CT molecular complexity index is 2160. The van der Waals surface area contributed by atoms with Crippen molar-refractivity contribution in [1.82, 2.24) is 4.57 Å². The van der Waals surface area contributed by atoms with Crippen molar-refractivity contribution in [3.8, 4) is 23.0 Å². The van der Waals surface area contributed by atoms with Crippen molar-refractivity contribution in [3.05, 3.63) is 117 Å². The molecule has 0 aliphatic carbocycles. The third kappa shape index (κ3) is 7.76. The fourth-order valence-electron chi connectivity index (χ4n) is 5.45. The molecule has 0 N–H and O–H groups in total. The molecule has 3 aromatic carbocycles. The van der Waals surface area contributed by atoms with Crippen LogP contribution in [0, 0.1) is 10.1 Å². The van der Waals surface area contributed by atoms with E-state index in [1.54, 1.807) is 62.4 Å². The third-order valence-corrected chi connectivity index (χ3v) is 9.09. The second kappa shape index (κ2) is 15.7. The zero-order chi connectivity index (χ0) is 36.1. The minimum Gasteiger partial charge on any atom is -0.493 e. The quantitative estimate of drug-likeness (QED) is 0.0879. The molecule has 0 unspecified atom stereocenters. The van der Waals surface area contributed by atoms with Crippen molar-refractivity contribution in [2.24, 2.45) is 4.99 Å². The van der Waals surface area contributed by atoms with Gasteiger partial charge < -0.3 is 23.7 Å². The number of nitrogens with zero attached hydrogens (tertiary/aromatic N) is 3. The molecule has 14 heteroatoms. The van der Waals surface area contributed by atoms with Crippen LogP contribution in [0.3, 0.4) is 0 Å². The highest BCUT2D eigenvalue weighted by molar-refractivity contribution is 9.10. The van der Waals surface area contributed by atoms with Gasteiger partial charge in [-0.2, -0.15) is 0 Å². The van der Waals surface area contributed by atoms with Crippen LogP contribution in [0.4, 0.5) is 5.69 Å². The summed E-state index contributed by atoms with van der Waals surface area (Å²) in [7, 11) is 1.53. The van der Waals surface area contributed by atoms with Crippen LogP contribution >= 0.6 is 27.3 Å². The summed E-state index contributed by atoms with van der Waals surface area (Å²) in [5.74, 6) is 1.24. The largest absolute Gasteiger partial charge is 0.493 e. The van der Waals surface area contributed by atoms with Crippen LogP contribution in [0.2, 0.25) is 0 Å². The number of esters is 1. The first kappa shape index (κ1) is 36.3. The number of non-ortho nitro benzene ring substituents is 1.